The van der Waals surface area contributed by atoms with Crippen molar-refractivity contribution in [2.45, 2.75) is 369 Å². The molecular formula is C83H122F18O22. The highest BCUT2D eigenvalue weighted by Gasteiger charge is 2.74. The van der Waals surface area contributed by atoms with Crippen LogP contribution < -0.4 is 0 Å². The van der Waals surface area contributed by atoms with E-state index in [0.29, 0.717) is 63.2 Å². The Balaban J connectivity index is 0.000000265. The van der Waals surface area contributed by atoms with Gasteiger partial charge >= 0.3 is 90.8 Å². The number of hydrogen-bond acceptors (Lipinski definition) is 22. The van der Waals surface area contributed by atoms with Gasteiger partial charge in [-0.1, -0.05) is 48.0 Å². The molecule has 0 radical (unpaired) electrons. The summed E-state index contributed by atoms with van der Waals surface area (Å²) in [4.78, 5) is 107. The predicted octanol–water partition coefficient (Wildman–Crippen LogP) is 17.4. The number of halogens is 18. The fraction of sp³-hybridized carbons (Fsp3) is 0.892. The maximum Gasteiger partial charge on any atom is 0.426 e. The van der Waals surface area contributed by atoms with Crippen molar-refractivity contribution < 1.29 is 184 Å². The minimum Gasteiger partial charge on any atom is -0.469 e. The van der Waals surface area contributed by atoms with Gasteiger partial charge in [0.2, 0.25) is 0 Å². The number of carbonyl (C=O) groups excluding carboxylic acids is 9. The van der Waals surface area contributed by atoms with E-state index in [1.165, 1.54) is 21.0 Å². The monoisotopic (exact) mass is 1810 g/mol. The van der Waals surface area contributed by atoms with Crippen LogP contribution in [0.5, 0.6) is 0 Å². The Bertz CT molecular complexity index is 3630. The molecule has 0 aromatic carbocycles. The molecular weight excluding hydrogens is 1690 g/mol. The van der Waals surface area contributed by atoms with Gasteiger partial charge in [-0.15, -0.1) is 0 Å². The Morgan fingerprint density at radius 2 is 0.935 bits per heavy atom. The number of ether oxygens (including phenoxy) is 11. The van der Waals surface area contributed by atoms with Gasteiger partial charge in [-0.05, 0) is 222 Å². The lowest BCUT2D eigenvalue weighted by atomic mass is 9.78. The van der Waals surface area contributed by atoms with Crippen molar-refractivity contribution in [3.63, 3.8) is 0 Å². The van der Waals surface area contributed by atoms with Gasteiger partial charge in [0.25, 0.3) is 11.5 Å². The van der Waals surface area contributed by atoms with Gasteiger partial charge in [0.15, 0.2) is 42.7 Å². The van der Waals surface area contributed by atoms with Gasteiger partial charge < -0.3 is 62.3 Å². The molecule has 712 valence electrons. The maximum atomic E-state index is 13.1. The molecule has 6 aliphatic heterocycles. The third-order valence-corrected chi connectivity index (χ3v) is 26.7. The zero-order valence-electron chi connectivity index (χ0n) is 73.2. The van der Waals surface area contributed by atoms with E-state index in [1.807, 2.05) is 41.5 Å². The lowest BCUT2D eigenvalue weighted by molar-refractivity contribution is -0.373. The van der Waals surface area contributed by atoms with Crippen molar-refractivity contribution in [2.24, 2.45) is 85.8 Å². The van der Waals surface area contributed by atoms with E-state index in [0.717, 1.165) is 39.5 Å². The van der Waals surface area contributed by atoms with Crippen LogP contribution in [0, 0.1) is 85.8 Å². The van der Waals surface area contributed by atoms with Gasteiger partial charge in [-0.3, -0.25) is 43.2 Å². The van der Waals surface area contributed by atoms with Crippen molar-refractivity contribution in [1.29, 1.82) is 0 Å². The Labute approximate surface area is 704 Å². The van der Waals surface area contributed by atoms with E-state index in [-0.39, 0.29) is 60.7 Å². The quantitative estimate of drug-likeness (QED) is 0.0418. The van der Waals surface area contributed by atoms with Crippen LogP contribution in [0.2, 0.25) is 0 Å². The van der Waals surface area contributed by atoms with Crippen LogP contribution in [0.4, 0.5) is 79.0 Å². The molecule has 10 fully saturated rings. The smallest absolute Gasteiger partial charge is 0.426 e. The molecule has 10 rings (SSSR count). The number of fused-ring (bicyclic) bond motifs is 6. The summed E-state index contributed by atoms with van der Waals surface area (Å²) in [6.07, 6.45) is -28.1. The standard InChI is InChI=1S/C18H29F3O3.C17H24F6O3.C15H20O7.C13H18O5.C11H16F6O2.C9H15F3O2/c1-5-16(2,3)15(22)24-14(10-17(4,23)18(19,20)21)13-9-11-6-7-12(13)8-11;1-4-14(2,3)13(24)26-12-7-9-5-10(12)6-11(9)8-15(25,16(18,19)20)17(21,22)23;1-5-15(2,3)14(18)22-11-8-6(12(16)19-4)7-9(20-8)10(11)21-13(7)17;1-4-13(2,3)12(15)18-9-7-5-6-8(16-7)10(9)17-11(6)14;1-4-9(2,3)8(18)19-6-10(14,15)5-11(16,17)7(12)13;1-5-8(3,4)7(13)14-6(2)9(10,11)12/h11-14,23H,5-10H2,1-4H3;9-12,25H,4-8H2,1-3H3;6-11H,5H2,1-4H3;6-10H,4-5H2,1-3H3;7H,4-6H2,1-3H3;6H,5H2,1-4H3. The first-order valence-electron chi connectivity index (χ1n) is 41.5. The minimum absolute atomic E-state index is 0.0748. The zero-order chi connectivity index (χ0) is 94.8. The molecule has 2 N–H and O–H groups in total. The van der Waals surface area contributed by atoms with Crippen LogP contribution in [0.25, 0.3) is 0 Å². The van der Waals surface area contributed by atoms with E-state index in [9.17, 15) is 132 Å². The molecule has 22 nitrogen and oxygen atoms in total. The zero-order valence-corrected chi connectivity index (χ0v) is 73.2. The lowest BCUT2D eigenvalue weighted by Gasteiger charge is -2.37. The Kier molecular flexibility index (Phi) is 34.4. The van der Waals surface area contributed by atoms with Crippen molar-refractivity contribution in [1.82, 2.24) is 0 Å². The molecule has 0 aromatic rings. The average Bonchev–Trinajstić information content (AvgIpc) is 1.54. The van der Waals surface area contributed by atoms with Crippen molar-refractivity contribution >= 4 is 53.7 Å². The number of esters is 9. The molecule has 4 saturated carbocycles. The van der Waals surface area contributed by atoms with E-state index in [4.69, 9.17) is 42.6 Å². The number of aliphatic hydroxyl groups is 2. The fourth-order valence-electron chi connectivity index (χ4n) is 15.6. The predicted molar refractivity (Wildman–Crippen MR) is 397 cm³/mol. The second-order valence-electron chi connectivity index (χ2n) is 38.1. The summed E-state index contributed by atoms with van der Waals surface area (Å²) in [6, 6.07) is 0. The third-order valence-electron chi connectivity index (χ3n) is 26.7. The van der Waals surface area contributed by atoms with Gasteiger partial charge in [0.1, 0.15) is 42.4 Å². The van der Waals surface area contributed by atoms with Crippen LogP contribution in [-0.2, 0) is 95.3 Å². The molecule has 0 aromatic heterocycles. The number of rotatable bonds is 28. The van der Waals surface area contributed by atoms with Crippen molar-refractivity contribution in [3.8, 4) is 0 Å². The summed E-state index contributed by atoms with van der Waals surface area (Å²) in [7, 11) is 1.26. The van der Waals surface area contributed by atoms with Gasteiger partial charge in [-0.2, -0.15) is 52.7 Å². The minimum atomic E-state index is -5.79. The van der Waals surface area contributed by atoms with Crippen molar-refractivity contribution in [3.05, 3.63) is 0 Å². The second-order valence-corrected chi connectivity index (χ2v) is 38.1. The van der Waals surface area contributed by atoms with Crippen LogP contribution in [-0.4, -0.2) is 199 Å². The lowest BCUT2D eigenvalue weighted by Crippen LogP contribution is -2.58. The molecule has 21 atom stereocenters. The highest BCUT2D eigenvalue weighted by Crippen LogP contribution is 2.58. The normalized spacial score (nSPS) is 29.2. The Morgan fingerprint density at radius 3 is 1.36 bits per heavy atom. The number of alkyl halides is 18. The molecule has 6 heterocycles. The first kappa shape index (κ1) is 107. The maximum absolute atomic E-state index is 13.1. The second kappa shape index (κ2) is 39.4. The summed E-state index contributed by atoms with van der Waals surface area (Å²) in [5.41, 5.74) is -12.0. The summed E-state index contributed by atoms with van der Waals surface area (Å²) in [5.74, 6) is -16.0. The molecule has 8 bridgehead atoms. The first-order chi connectivity index (χ1) is 55.7. The van der Waals surface area contributed by atoms with Crippen molar-refractivity contribution in [2.75, 3.05) is 13.7 Å². The number of carbonyl (C=O) groups is 9. The van der Waals surface area contributed by atoms with E-state index < -0.39 is 227 Å². The Morgan fingerprint density at radius 1 is 0.480 bits per heavy atom. The molecule has 21 unspecified atom stereocenters. The SMILES string of the molecule is CCC(C)(C)C(=O)OC(C)C(F)(F)F.CCC(C)(C)C(=O)OC(CC(C)(O)C(F)(F)F)C1CC2CCC1C2.CCC(C)(C)C(=O)OC1C2CC3C(=O)OC1C3O2.CCC(C)(C)C(=O)OC1C2OC(=O)C3C2OC1C3C(=O)OC.CCC(C)(C)C(=O)OC1CC2CC1CC2CC(O)(C(F)(F)F)C(F)(F)F.CCC(C)(C)C(=O)OCC(F)(F)CC(F)(F)C(F)F. The van der Waals surface area contributed by atoms with Gasteiger partial charge in [-0.25, -0.2) is 26.3 Å². The molecule has 123 heavy (non-hydrogen) atoms. The molecule has 40 heteroatoms. The highest BCUT2D eigenvalue weighted by atomic mass is 19.4. The summed E-state index contributed by atoms with van der Waals surface area (Å²) >= 11 is 0. The average molecular weight is 1810 g/mol. The van der Waals surface area contributed by atoms with E-state index in [2.05, 4.69) is 9.47 Å². The third kappa shape index (κ3) is 25.2. The first-order valence-corrected chi connectivity index (χ1v) is 41.5. The van der Waals surface area contributed by atoms with Gasteiger partial charge in [0.05, 0.1) is 58.0 Å². The van der Waals surface area contributed by atoms with Crippen LogP contribution in [0.1, 0.15) is 248 Å². The molecule has 0 amide bonds. The Hall–Kier alpha value is -6.19. The highest BCUT2D eigenvalue weighted by molar-refractivity contribution is 5.87. The molecule has 10 aliphatic rings. The van der Waals surface area contributed by atoms with E-state index in [1.54, 1.807) is 69.2 Å². The van der Waals surface area contributed by atoms with Crippen LogP contribution in [0.15, 0.2) is 0 Å². The van der Waals surface area contributed by atoms with Gasteiger partial charge in [0, 0.05) is 6.42 Å². The molecule has 6 saturated heterocycles. The summed E-state index contributed by atoms with van der Waals surface area (Å²) in [6.45, 7) is 30.9. The fourth-order valence-corrected chi connectivity index (χ4v) is 15.6. The largest absolute Gasteiger partial charge is 0.469 e. The van der Waals surface area contributed by atoms with Crippen LogP contribution >= 0.6 is 0 Å². The summed E-state index contributed by atoms with van der Waals surface area (Å²) in [5, 5.41) is 19.3. The molecule has 0 spiro atoms. The summed E-state index contributed by atoms with van der Waals surface area (Å²) < 4.78 is 285. The van der Waals surface area contributed by atoms with E-state index >= 15 is 0 Å². The number of methoxy groups -OCH3 is 1. The number of hydrogen-bond donors (Lipinski definition) is 2. The molecule has 4 aliphatic carbocycles. The topological polar surface area (TPSA) is 296 Å². The van der Waals surface area contributed by atoms with Crippen LogP contribution in [0.3, 0.4) is 0 Å².